The summed E-state index contributed by atoms with van der Waals surface area (Å²) in [5.74, 6) is 1.21. The Morgan fingerprint density at radius 2 is 2.50 bits per heavy atom. The topological polar surface area (TPSA) is 17.8 Å². The highest BCUT2D eigenvalue weighted by Crippen LogP contribution is 2.31. The van der Waals surface area contributed by atoms with E-state index in [0.29, 0.717) is 5.25 Å². The molecule has 0 aliphatic rings. The summed E-state index contributed by atoms with van der Waals surface area (Å²) in [5, 5.41) is 2.78. The molecule has 4 heteroatoms. The van der Waals surface area contributed by atoms with Gasteiger partial charge in [0.05, 0.1) is 6.33 Å². The summed E-state index contributed by atoms with van der Waals surface area (Å²) in [6.45, 7) is 3.36. The molecule has 2 rings (SSSR count). The van der Waals surface area contributed by atoms with Crippen molar-refractivity contribution in [2.75, 3.05) is 5.75 Å². The summed E-state index contributed by atoms with van der Waals surface area (Å²) in [6, 6.07) is 4.35. The van der Waals surface area contributed by atoms with Crippen LogP contribution in [0.5, 0.6) is 0 Å². The molecule has 0 fully saturated rings. The van der Waals surface area contributed by atoms with Crippen LogP contribution in [0.4, 0.5) is 0 Å². The third kappa shape index (κ3) is 3.39. The third-order valence-electron chi connectivity index (χ3n) is 2.43. The van der Waals surface area contributed by atoms with Gasteiger partial charge in [0.1, 0.15) is 0 Å². The van der Waals surface area contributed by atoms with Crippen LogP contribution >= 0.6 is 23.1 Å². The van der Waals surface area contributed by atoms with Crippen LogP contribution in [0.2, 0.25) is 0 Å². The minimum atomic E-state index is 0.628. The van der Waals surface area contributed by atoms with E-state index < -0.39 is 0 Å². The molecule has 2 nitrogen and oxygen atoms in total. The van der Waals surface area contributed by atoms with Gasteiger partial charge in [-0.15, -0.1) is 11.3 Å². The molecule has 0 saturated carbocycles. The Bertz CT molecular complexity index is 381. The molecule has 86 valence electrons. The average Bonchev–Trinajstić information content (AvgIpc) is 2.96. The number of aryl methyl sites for hydroxylation is 1. The Kier molecular flexibility index (Phi) is 4.48. The highest BCUT2D eigenvalue weighted by Gasteiger charge is 2.05. The molecule has 2 aromatic rings. The predicted molar refractivity (Wildman–Crippen MR) is 72.0 cm³/mol. The van der Waals surface area contributed by atoms with Gasteiger partial charge in [-0.05, 0) is 30.5 Å². The lowest BCUT2D eigenvalue weighted by molar-refractivity contribution is 0.683. The van der Waals surface area contributed by atoms with Crippen molar-refractivity contribution in [2.45, 2.75) is 25.1 Å². The van der Waals surface area contributed by atoms with Gasteiger partial charge < -0.3 is 4.57 Å². The van der Waals surface area contributed by atoms with Crippen LogP contribution in [0.25, 0.3) is 0 Å². The molecule has 2 heterocycles. The Hall–Kier alpha value is -0.740. The lowest BCUT2D eigenvalue weighted by Gasteiger charge is -2.08. The maximum atomic E-state index is 4.03. The molecule has 0 unspecified atom stereocenters. The van der Waals surface area contributed by atoms with Crippen LogP contribution in [0.1, 0.15) is 23.5 Å². The molecule has 0 spiro atoms. The molecule has 2 aromatic heterocycles. The van der Waals surface area contributed by atoms with E-state index in [1.807, 2.05) is 41.8 Å². The fourth-order valence-electron chi connectivity index (χ4n) is 1.53. The SMILES string of the molecule is C[C@H](SCCCn1ccnc1)c1cccs1. The number of hydrogen-bond donors (Lipinski definition) is 0. The zero-order valence-electron chi connectivity index (χ0n) is 9.37. The van der Waals surface area contributed by atoms with Gasteiger partial charge in [-0.1, -0.05) is 6.07 Å². The van der Waals surface area contributed by atoms with Crippen molar-refractivity contribution in [3.63, 3.8) is 0 Å². The zero-order valence-corrected chi connectivity index (χ0v) is 11.0. The van der Waals surface area contributed by atoms with Crippen LogP contribution < -0.4 is 0 Å². The van der Waals surface area contributed by atoms with E-state index in [1.54, 1.807) is 0 Å². The summed E-state index contributed by atoms with van der Waals surface area (Å²) in [6.07, 6.45) is 6.94. The molecule has 0 aliphatic heterocycles. The first-order valence-electron chi connectivity index (χ1n) is 5.47. The van der Waals surface area contributed by atoms with Gasteiger partial charge >= 0.3 is 0 Å². The van der Waals surface area contributed by atoms with Crippen LogP contribution in [0.15, 0.2) is 36.2 Å². The second kappa shape index (κ2) is 6.11. The first-order chi connectivity index (χ1) is 7.86. The largest absolute Gasteiger partial charge is 0.337 e. The van der Waals surface area contributed by atoms with E-state index in [2.05, 4.69) is 34.0 Å². The van der Waals surface area contributed by atoms with Crippen LogP contribution in [-0.4, -0.2) is 15.3 Å². The summed E-state index contributed by atoms with van der Waals surface area (Å²) < 4.78 is 2.14. The smallest absolute Gasteiger partial charge is 0.0945 e. The van der Waals surface area contributed by atoms with Crippen molar-refractivity contribution >= 4 is 23.1 Å². The highest BCUT2D eigenvalue weighted by atomic mass is 32.2. The third-order valence-corrected chi connectivity index (χ3v) is 4.91. The number of nitrogens with zero attached hydrogens (tertiary/aromatic N) is 2. The van der Waals surface area contributed by atoms with Crippen molar-refractivity contribution in [2.24, 2.45) is 0 Å². The first kappa shape index (κ1) is 11.7. The number of aromatic nitrogens is 2. The van der Waals surface area contributed by atoms with Gasteiger partial charge in [0.2, 0.25) is 0 Å². The van der Waals surface area contributed by atoms with E-state index in [4.69, 9.17) is 0 Å². The summed E-state index contributed by atoms with van der Waals surface area (Å²) >= 11 is 3.88. The molecule has 0 saturated heterocycles. The second-order valence-corrected chi connectivity index (χ2v) is 6.11. The van der Waals surface area contributed by atoms with E-state index in [0.717, 1.165) is 6.54 Å². The molecule has 0 N–H and O–H groups in total. The van der Waals surface area contributed by atoms with Gasteiger partial charge in [-0.3, -0.25) is 0 Å². The van der Waals surface area contributed by atoms with E-state index in [1.165, 1.54) is 17.1 Å². The molecular weight excluding hydrogens is 236 g/mol. The lowest BCUT2D eigenvalue weighted by atomic mass is 10.4. The molecule has 0 amide bonds. The lowest BCUT2D eigenvalue weighted by Crippen LogP contribution is -1.96. The fraction of sp³-hybridized carbons (Fsp3) is 0.417. The van der Waals surface area contributed by atoms with Crippen molar-refractivity contribution in [3.8, 4) is 0 Å². The van der Waals surface area contributed by atoms with Crippen LogP contribution in [-0.2, 0) is 6.54 Å². The van der Waals surface area contributed by atoms with E-state index in [9.17, 15) is 0 Å². The number of imidazole rings is 1. The maximum Gasteiger partial charge on any atom is 0.0945 e. The molecule has 0 aromatic carbocycles. The quantitative estimate of drug-likeness (QED) is 0.727. The molecular formula is C12H16N2S2. The van der Waals surface area contributed by atoms with Gasteiger partial charge in [0.25, 0.3) is 0 Å². The minimum absolute atomic E-state index is 0.628. The summed E-state index contributed by atoms with van der Waals surface area (Å²) in [5.41, 5.74) is 0. The van der Waals surface area contributed by atoms with Crippen molar-refractivity contribution in [1.29, 1.82) is 0 Å². The van der Waals surface area contributed by atoms with Crippen LogP contribution in [0.3, 0.4) is 0 Å². The van der Waals surface area contributed by atoms with Gasteiger partial charge in [0, 0.05) is 29.1 Å². The standard InChI is InChI=1S/C12H16N2S2/c1-11(12-4-2-8-16-12)15-9-3-6-14-7-5-13-10-14/h2,4-5,7-8,10-11H,3,6,9H2,1H3/t11-/m0/s1. The van der Waals surface area contributed by atoms with Gasteiger partial charge in [0.15, 0.2) is 0 Å². The minimum Gasteiger partial charge on any atom is -0.337 e. The first-order valence-corrected chi connectivity index (χ1v) is 7.40. The van der Waals surface area contributed by atoms with E-state index in [-0.39, 0.29) is 0 Å². The maximum absolute atomic E-state index is 4.03. The Labute approximate surface area is 105 Å². The van der Waals surface area contributed by atoms with E-state index >= 15 is 0 Å². The second-order valence-electron chi connectivity index (χ2n) is 3.68. The zero-order chi connectivity index (χ0) is 11.2. The average molecular weight is 252 g/mol. The monoisotopic (exact) mass is 252 g/mol. The molecule has 0 radical (unpaired) electrons. The van der Waals surface area contributed by atoms with Crippen molar-refractivity contribution in [1.82, 2.24) is 9.55 Å². The predicted octanol–water partition coefficient (Wildman–Crippen LogP) is 3.83. The summed E-state index contributed by atoms with van der Waals surface area (Å²) in [4.78, 5) is 5.51. The normalized spacial score (nSPS) is 12.8. The van der Waals surface area contributed by atoms with Crippen molar-refractivity contribution in [3.05, 3.63) is 41.1 Å². The van der Waals surface area contributed by atoms with Crippen LogP contribution in [0, 0.1) is 0 Å². The summed E-state index contributed by atoms with van der Waals surface area (Å²) in [7, 11) is 0. The number of hydrogen-bond acceptors (Lipinski definition) is 3. The Balaban J connectivity index is 1.65. The highest BCUT2D eigenvalue weighted by molar-refractivity contribution is 7.99. The number of rotatable bonds is 6. The molecule has 16 heavy (non-hydrogen) atoms. The Morgan fingerprint density at radius 3 is 3.19 bits per heavy atom. The van der Waals surface area contributed by atoms with Crippen molar-refractivity contribution < 1.29 is 0 Å². The number of thioether (sulfide) groups is 1. The Morgan fingerprint density at radius 1 is 1.56 bits per heavy atom. The van der Waals surface area contributed by atoms with Gasteiger partial charge in [-0.2, -0.15) is 11.8 Å². The number of thiophene rings is 1. The molecule has 0 aliphatic carbocycles. The molecule has 0 bridgehead atoms. The molecule has 1 atom stereocenters. The fourth-order valence-corrected chi connectivity index (χ4v) is 3.46. The van der Waals surface area contributed by atoms with Gasteiger partial charge in [-0.25, -0.2) is 4.98 Å².